The zero-order chi connectivity index (χ0) is 18.4. The molecular formula is C16H18N4O5. The average molecular weight is 346 g/mol. The minimum atomic E-state index is -0.526. The minimum absolute atomic E-state index is 0.0844. The molecule has 25 heavy (non-hydrogen) atoms. The third-order valence-corrected chi connectivity index (χ3v) is 3.44. The van der Waals surface area contributed by atoms with Gasteiger partial charge < -0.3 is 14.6 Å². The number of nitrogens with zero attached hydrogens (tertiary/aromatic N) is 3. The molecule has 1 heterocycles. The predicted molar refractivity (Wildman–Crippen MR) is 88.0 cm³/mol. The summed E-state index contributed by atoms with van der Waals surface area (Å²) in [6, 6.07) is 5.36. The molecule has 2 rings (SSSR count). The fourth-order valence-corrected chi connectivity index (χ4v) is 2.14. The number of carbonyl (C=O) groups excluding carboxylic acids is 2. The topological polar surface area (TPSA) is 119 Å². The normalized spacial score (nSPS) is 10.3. The first-order valence-corrected chi connectivity index (χ1v) is 7.72. The molecule has 0 bridgehead atoms. The lowest BCUT2D eigenvalue weighted by Gasteiger charge is -2.19. The molecule has 0 aliphatic rings. The fraction of sp³-hybridized carbons (Fsp3) is 0.312. The molecule has 1 aromatic carbocycles. The second kappa shape index (κ2) is 8.04. The molecule has 9 nitrogen and oxygen atoms in total. The second-order valence-electron chi connectivity index (χ2n) is 5.11. The van der Waals surface area contributed by atoms with Crippen LogP contribution in [0.25, 0.3) is 0 Å². The molecule has 132 valence electrons. The summed E-state index contributed by atoms with van der Waals surface area (Å²) in [6.45, 7) is 4.53. The summed E-state index contributed by atoms with van der Waals surface area (Å²) in [5, 5.41) is 13.3. The average Bonchev–Trinajstić information content (AvgIpc) is 3.08. The zero-order valence-electron chi connectivity index (χ0n) is 13.9. The van der Waals surface area contributed by atoms with Crippen molar-refractivity contribution in [2.75, 3.05) is 13.1 Å². The number of nitro groups is 1. The number of hydrogen-bond donors (Lipinski definition) is 1. The van der Waals surface area contributed by atoms with Crippen molar-refractivity contribution in [2.45, 2.75) is 20.4 Å². The molecule has 0 aliphatic heterocycles. The highest BCUT2D eigenvalue weighted by Gasteiger charge is 2.19. The minimum Gasteiger partial charge on any atom is -0.446 e. The van der Waals surface area contributed by atoms with Crippen molar-refractivity contribution in [3.05, 3.63) is 57.8 Å². The van der Waals surface area contributed by atoms with Gasteiger partial charge in [-0.05, 0) is 26.0 Å². The van der Waals surface area contributed by atoms with E-state index in [2.05, 4.69) is 10.3 Å². The Morgan fingerprint density at radius 1 is 1.28 bits per heavy atom. The lowest BCUT2D eigenvalue weighted by molar-refractivity contribution is -0.384. The van der Waals surface area contributed by atoms with Gasteiger partial charge in [-0.2, -0.15) is 0 Å². The molecule has 0 saturated carbocycles. The number of non-ortho nitro benzene ring substituents is 1. The monoisotopic (exact) mass is 346 g/mol. The van der Waals surface area contributed by atoms with Crippen molar-refractivity contribution in [2.24, 2.45) is 0 Å². The van der Waals surface area contributed by atoms with Gasteiger partial charge in [0.05, 0.1) is 11.5 Å². The lowest BCUT2D eigenvalue weighted by atomic mass is 10.2. The highest BCUT2D eigenvalue weighted by Crippen LogP contribution is 2.15. The molecule has 0 atom stereocenters. The highest BCUT2D eigenvalue weighted by atomic mass is 16.6. The van der Waals surface area contributed by atoms with Crippen LogP contribution in [0, 0.1) is 10.1 Å². The summed E-state index contributed by atoms with van der Waals surface area (Å²) in [4.78, 5) is 39.9. The molecule has 9 heteroatoms. The Morgan fingerprint density at radius 3 is 2.52 bits per heavy atom. The number of carbonyl (C=O) groups is 2. The molecular weight excluding hydrogens is 328 g/mol. The summed E-state index contributed by atoms with van der Waals surface area (Å²) >= 11 is 0. The maximum absolute atomic E-state index is 12.5. The van der Waals surface area contributed by atoms with Gasteiger partial charge in [0.25, 0.3) is 17.5 Å². The molecule has 1 aromatic heterocycles. The van der Waals surface area contributed by atoms with E-state index in [0.29, 0.717) is 18.7 Å². The van der Waals surface area contributed by atoms with Gasteiger partial charge in [-0.3, -0.25) is 19.7 Å². The van der Waals surface area contributed by atoms with E-state index in [9.17, 15) is 19.7 Å². The fourth-order valence-electron chi connectivity index (χ4n) is 2.14. The van der Waals surface area contributed by atoms with E-state index in [-0.39, 0.29) is 35.6 Å². The predicted octanol–water partition coefficient (Wildman–Crippen LogP) is 1.99. The van der Waals surface area contributed by atoms with E-state index >= 15 is 0 Å². The van der Waals surface area contributed by atoms with Gasteiger partial charge in [-0.15, -0.1) is 0 Å². The van der Waals surface area contributed by atoms with Crippen molar-refractivity contribution in [1.82, 2.24) is 15.2 Å². The van der Waals surface area contributed by atoms with E-state index < -0.39 is 4.92 Å². The molecule has 2 aromatic rings. The molecule has 2 amide bonds. The van der Waals surface area contributed by atoms with Crippen molar-refractivity contribution in [1.29, 1.82) is 0 Å². The molecule has 0 unspecified atom stereocenters. The van der Waals surface area contributed by atoms with Crippen molar-refractivity contribution >= 4 is 17.5 Å². The number of nitrogens with one attached hydrogen (secondary N) is 1. The van der Waals surface area contributed by atoms with Crippen LogP contribution >= 0.6 is 0 Å². The van der Waals surface area contributed by atoms with Crippen LogP contribution in [0.1, 0.15) is 40.6 Å². The van der Waals surface area contributed by atoms with Gasteiger partial charge in [0, 0.05) is 30.8 Å². The van der Waals surface area contributed by atoms with Crippen LogP contribution in [0.5, 0.6) is 0 Å². The SMILES string of the molecule is CCNC(=O)c1coc(CN(CC)C(=O)c2ccc([N+](=O)[O-])cc2)n1. The summed E-state index contributed by atoms with van der Waals surface area (Å²) in [7, 11) is 0. The van der Waals surface area contributed by atoms with E-state index in [1.807, 2.05) is 0 Å². The Labute approximate surface area is 143 Å². The number of nitro benzene ring substituents is 1. The Hall–Kier alpha value is -3.23. The van der Waals surface area contributed by atoms with Gasteiger partial charge in [-0.25, -0.2) is 4.98 Å². The lowest BCUT2D eigenvalue weighted by Crippen LogP contribution is -2.30. The van der Waals surface area contributed by atoms with Gasteiger partial charge in [0.15, 0.2) is 5.69 Å². The molecule has 0 saturated heterocycles. The van der Waals surface area contributed by atoms with Crippen molar-refractivity contribution in [3.63, 3.8) is 0 Å². The van der Waals surface area contributed by atoms with Gasteiger partial charge in [-0.1, -0.05) is 0 Å². The first-order valence-electron chi connectivity index (χ1n) is 7.72. The second-order valence-corrected chi connectivity index (χ2v) is 5.11. The smallest absolute Gasteiger partial charge is 0.273 e. The molecule has 0 fully saturated rings. The van der Waals surface area contributed by atoms with E-state index in [4.69, 9.17) is 4.42 Å². The summed E-state index contributed by atoms with van der Waals surface area (Å²) < 4.78 is 5.25. The molecule has 0 spiro atoms. The standard InChI is InChI=1S/C16H18N4O5/c1-3-17-15(21)13-10-25-14(18-13)9-19(4-2)16(22)11-5-7-12(8-6-11)20(23)24/h5-8,10H,3-4,9H2,1-2H3,(H,17,21). The Kier molecular flexibility index (Phi) is 5.83. The summed E-state index contributed by atoms with van der Waals surface area (Å²) in [6.07, 6.45) is 1.24. The maximum Gasteiger partial charge on any atom is 0.273 e. The van der Waals surface area contributed by atoms with Crippen LogP contribution in [0.3, 0.4) is 0 Å². The molecule has 1 N–H and O–H groups in total. The van der Waals surface area contributed by atoms with Crippen LogP contribution in [0.2, 0.25) is 0 Å². The van der Waals surface area contributed by atoms with Crippen molar-refractivity contribution < 1.29 is 18.9 Å². The number of rotatable bonds is 7. The first-order chi connectivity index (χ1) is 12.0. The third-order valence-electron chi connectivity index (χ3n) is 3.44. The van der Waals surface area contributed by atoms with E-state index in [1.165, 1.54) is 35.4 Å². The summed E-state index contributed by atoms with van der Waals surface area (Å²) in [5.74, 6) is -0.421. The number of hydrogen-bond acceptors (Lipinski definition) is 6. The van der Waals surface area contributed by atoms with Crippen LogP contribution in [-0.2, 0) is 6.54 Å². The van der Waals surface area contributed by atoms with Gasteiger partial charge in [0.1, 0.15) is 6.26 Å². The molecule has 0 aliphatic carbocycles. The van der Waals surface area contributed by atoms with Crippen LogP contribution in [0.4, 0.5) is 5.69 Å². The largest absolute Gasteiger partial charge is 0.446 e. The zero-order valence-corrected chi connectivity index (χ0v) is 13.9. The van der Waals surface area contributed by atoms with Crippen LogP contribution in [-0.4, -0.2) is 39.7 Å². The van der Waals surface area contributed by atoms with E-state index in [0.717, 1.165) is 0 Å². The molecule has 0 radical (unpaired) electrons. The summed E-state index contributed by atoms with van der Waals surface area (Å²) in [5.41, 5.74) is 0.387. The Balaban J connectivity index is 2.10. The number of aromatic nitrogens is 1. The van der Waals surface area contributed by atoms with Crippen LogP contribution < -0.4 is 5.32 Å². The van der Waals surface area contributed by atoms with Crippen LogP contribution in [0.15, 0.2) is 34.9 Å². The Bertz CT molecular complexity index is 769. The quantitative estimate of drug-likeness (QED) is 0.605. The maximum atomic E-state index is 12.5. The third kappa shape index (κ3) is 4.40. The van der Waals surface area contributed by atoms with Gasteiger partial charge >= 0.3 is 0 Å². The number of oxazole rings is 1. The van der Waals surface area contributed by atoms with Crippen molar-refractivity contribution in [3.8, 4) is 0 Å². The Morgan fingerprint density at radius 2 is 1.96 bits per heavy atom. The number of amides is 2. The van der Waals surface area contributed by atoms with Gasteiger partial charge in [0.2, 0.25) is 5.89 Å². The van der Waals surface area contributed by atoms with E-state index in [1.54, 1.807) is 13.8 Å². The highest BCUT2D eigenvalue weighted by molar-refractivity contribution is 5.94. The number of benzene rings is 1. The first kappa shape index (κ1) is 18.1.